The van der Waals surface area contributed by atoms with E-state index in [9.17, 15) is 23.5 Å². The van der Waals surface area contributed by atoms with Crippen LogP contribution in [-0.4, -0.2) is 43.8 Å². The van der Waals surface area contributed by atoms with Gasteiger partial charge in [0.2, 0.25) is 5.43 Å². The van der Waals surface area contributed by atoms with Crippen molar-refractivity contribution >= 4 is 17.2 Å². The van der Waals surface area contributed by atoms with Crippen LogP contribution in [0.4, 0.5) is 8.78 Å². The Morgan fingerprint density at radius 3 is 2.72 bits per heavy atom. The second-order valence-electron chi connectivity index (χ2n) is 6.56. The van der Waals surface area contributed by atoms with Gasteiger partial charge in [0.25, 0.3) is 5.91 Å². The minimum atomic E-state index is -0.710. The van der Waals surface area contributed by atoms with Crippen molar-refractivity contribution in [1.29, 1.82) is 0 Å². The number of aromatic nitrogens is 3. The van der Waals surface area contributed by atoms with Gasteiger partial charge in [-0.3, -0.25) is 9.59 Å². The van der Waals surface area contributed by atoms with Crippen LogP contribution in [0.15, 0.2) is 29.2 Å². The number of hydrogen-bond donors (Lipinski definition) is 1. The summed E-state index contributed by atoms with van der Waals surface area (Å²) in [5, 5.41) is 19.0. The zero-order valence-electron chi connectivity index (χ0n) is 15.4. The molecule has 0 radical (unpaired) electrons. The fourth-order valence-corrected chi connectivity index (χ4v) is 4.12. The van der Waals surface area contributed by atoms with E-state index in [0.717, 1.165) is 23.5 Å². The third kappa shape index (κ3) is 3.39. The summed E-state index contributed by atoms with van der Waals surface area (Å²) in [7, 11) is 0. The van der Waals surface area contributed by atoms with E-state index in [-0.39, 0.29) is 28.2 Å². The van der Waals surface area contributed by atoms with E-state index < -0.39 is 28.7 Å². The van der Waals surface area contributed by atoms with Crippen molar-refractivity contribution in [2.24, 2.45) is 0 Å². The van der Waals surface area contributed by atoms with Gasteiger partial charge in [-0.1, -0.05) is 17.4 Å². The van der Waals surface area contributed by atoms with Gasteiger partial charge in [0.1, 0.15) is 16.6 Å². The number of carbonyl (C=O) groups excluding carboxylic acids is 1. The maximum atomic E-state index is 13.9. The molecule has 7 nitrogen and oxygen atoms in total. The first kappa shape index (κ1) is 19.2. The topological polar surface area (TPSA) is 88.3 Å². The Bertz CT molecular complexity index is 1170. The second kappa shape index (κ2) is 7.36. The van der Waals surface area contributed by atoms with E-state index in [2.05, 4.69) is 10.2 Å². The molecular formula is C19H16F2N4O3S. The molecule has 4 rings (SSSR count). The van der Waals surface area contributed by atoms with Crippen molar-refractivity contribution in [2.75, 3.05) is 13.1 Å². The zero-order valence-corrected chi connectivity index (χ0v) is 16.2. The largest absolute Gasteiger partial charge is 0.503 e. The van der Waals surface area contributed by atoms with Crippen LogP contribution in [-0.2, 0) is 13.0 Å². The predicted molar refractivity (Wildman–Crippen MR) is 102 cm³/mol. The molecule has 2 aromatic heterocycles. The average molecular weight is 418 g/mol. The van der Waals surface area contributed by atoms with Crippen molar-refractivity contribution < 1.29 is 18.7 Å². The van der Waals surface area contributed by atoms with Crippen LogP contribution in [0.1, 0.15) is 28.0 Å². The van der Waals surface area contributed by atoms with Crippen LogP contribution in [0.25, 0.3) is 10.6 Å². The molecule has 3 aromatic rings. The minimum absolute atomic E-state index is 0.0371. The second-order valence-corrected chi connectivity index (χ2v) is 7.62. The highest BCUT2D eigenvalue weighted by molar-refractivity contribution is 7.14. The molecule has 29 heavy (non-hydrogen) atoms. The van der Waals surface area contributed by atoms with E-state index in [0.29, 0.717) is 24.6 Å². The van der Waals surface area contributed by atoms with Crippen LogP contribution in [0.2, 0.25) is 0 Å². The molecule has 0 aliphatic carbocycles. The average Bonchev–Trinajstić information content (AvgIpc) is 3.15. The number of benzene rings is 1. The summed E-state index contributed by atoms with van der Waals surface area (Å²) in [5.41, 5.74) is -0.375. The summed E-state index contributed by atoms with van der Waals surface area (Å²) in [6.45, 7) is 3.20. The summed E-state index contributed by atoms with van der Waals surface area (Å²) in [6, 6.07) is 3.28. The van der Waals surface area contributed by atoms with Gasteiger partial charge in [-0.15, -0.1) is 10.2 Å². The van der Waals surface area contributed by atoms with Gasteiger partial charge in [-0.2, -0.15) is 0 Å². The fourth-order valence-electron chi connectivity index (χ4n) is 3.25. The highest BCUT2D eigenvalue weighted by Crippen LogP contribution is 2.28. The Morgan fingerprint density at radius 2 is 2.00 bits per heavy atom. The predicted octanol–water partition coefficient (Wildman–Crippen LogP) is 2.42. The summed E-state index contributed by atoms with van der Waals surface area (Å²) in [6.07, 6.45) is 1.58. The third-order valence-electron chi connectivity index (χ3n) is 4.79. The third-order valence-corrected chi connectivity index (χ3v) is 5.75. The number of pyridine rings is 1. The minimum Gasteiger partial charge on any atom is -0.503 e. The monoisotopic (exact) mass is 418 g/mol. The number of likely N-dealkylation sites (N-methyl/N-ethyl adjacent to an activating group) is 1. The van der Waals surface area contributed by atoms with Crippen LogP contribution in [0.3, 0.4) is 0 Å². The number of halogens is 2. The van der Waals surface area contributed by atoms with Gasteiger partial charge in [-0.05, 0) is 18.6 Å². The highest BCUT2D eigenvalue weighted by Gasteiger charge is 2.29. The fraction of sp³-hybridized carbons (Fsp3) is 0.263. The molecule has 1 amide bonds. The van der Waals surface area contributed by atoms with Gasteiger partial charge in [0, 0.05) is 38.3 Å². The van der Waals surface area contributed by atoms with Gasteiger partial charge in [0.15, 0.2) is 16.5 Å². The van der Waals surface area contributed by atoms with E-state index in [1.807, 2.05) is 6.92 Å². The zero-order chi connectivity index (χ0) is 20.7. The van der Waals surface area contributed by atoms with Gasteiger partial charge in [-0.25, -0.2) is 8.78 Å². The number of carbonyl (C=O) groups is 1. The molecule has 0 unspecified atom stereocenters. The molecule has 10 heteroatoms. The quantitative estimate of drug-likeness (QED) is 0.703. The summed E-state index contributed by atoms with van der Waals surface area (Å²) in [5.74, 6) is -2.37. The number of aromatic hydroxyl groups is 1. The molecule has 1 N–H and O–H groups in total. The number of amides is 1. The Hall–Kier alpha value is -3.14. The van der Waals surface area contributed by atoms with Gasteiger partial charge in [0.05, 0.1) is 5.56 Å². The molecule has 0 saturated carbocycles. The van der Waals surface area contributed by atoms with Crippen LogP contribution < -0.4 is 5.43 Å². The lowest BCUT2D eigenvalue weighted by atomic mass is 10.1. The van der Waals surface area contributed by atoms with E-state index in [1.54, 1.807) is 9.47 Å². The maximum absolute atomic E-state index is 13.9. The molecule has 0 bridgehead atoms. The molecular weight excluding hydrogens is 402 g/mol. The molecule has 1 aromatic carbocycles. The van der Waals surface area contributed by atoms with Gasteiger partial charge >= 0.3 is 0 Å². The standard InChI is InChI=1S/C19H16F2N4O3S/c1-2-24-5-6-25-9-12(16(26)17(27)15(25)19(24)28)18-23-22-14(29-18)7-10-3-4-11(20)8-13(10)21/h3-4,8-9,27H,2,5-7H2,1H3. The van der Waals surface area contributed by atoms with Crippen LogP contribution in [0.5, 0.6) is 5.75 Å². The highest BCUT2D eigenvalue weighted by atomic mass is 32.1. The number of fused-ring (bicyclic) bond motifs is 1. The summed E-state index contributed by atoms with van der Waals surface area (Å²) < 4.78 is 28.5. The lowest BCUT2D eigenvalue weighted by Gasteiger charge is -2.29. The Balaban J connectivity index is 1.69. The molecule has 0 fully saturated rings. The SMILES string of the molecule is CCN1CCn2cc(-c3nnc(Cc4ccc(F)cc4F)s3)c(=O)c(O)c2C1=O. The normalized spacial score (nSPS) is 13.6. The number of nitrogens with zero attached hydrogens (tertiary/aromatic N) is 4. The van der Waals surface area contributed by atoms with Gasteiger partial charge < -0.3 is 14.6 Å². The Kier molecular flexibility index (Phi) is 4.87. The van der Waals surface area contributed by atoms with E-state index in [4.69, 9.17) is 0 Å². The van der Waals surface area contributed by atoms with Crippen LogP contribution in [0, 0.1) is 11.6 Å². The molecule has 1 aliphatic rings. The summed E-state index contributed by atoms with van der Waals surface area (Å²) >= 11 is 1.07. The van der Waals surface area contributed by atoms with Crippen molar-refractivity contribution in [2.45, 2.75) is 19.9 Å². The summed E-state index contributed by atoms with van der Waals surface area (Å²) in [4.78, 5) is 26.6. The van der Waals surface area contributed by atoms with Crippen LogP contribution >= 0.6 is 11.3 Å². The Morgan fingerprint density at radius 1 is 1.21 bits per heavy atom. The molecule has 0 saturated heterocycles. The molecule has 0 atom stereocenters. The molecule has 1 aliphatic heterocycles. The maximum Gasteiger partial charge on any atom is 0.274 e. The molecule has 150 valence electrons. The molecule has 0 spiro atoms. The lowest BCUT2D eigenvalue weighted by molar-refractivity contribution is 0.0707. The lowest BCUT2D eigenvalue weighted by Crippen LogP contribution is -2.41. The smallest absolute Gasteiger partial charge is 0.274 e. The van der Waals surface area contributed by atoms with Crippen molar-refractivity contribution in [3.8, 4) is 16.3 Å². The first-order valence-electron chi connectivity index (χ1n) is 8.91. The van der Waals surface area contributed by atoms with E-state index >= 15 is 0 Å². The first-order chi connectivity index (χ1) is 13.9. The van der Waals surface area contributed by atoms with Crippen molar-refractivity contribution in [3.63, 3.8) is 0 Å². The number of rotatable bonds is 4. The molecule has 3 heterocycles. The Labute approximate surface area is 167 Å². The first-order valence-corrected chi connectivity index (χ1v) is 9.73. The van der Waals surface area contributed by atoms with E-state index in [1.165, 1.54) is 12.3 Å². The van der Waals surface area contributed by atoms with Crippen molar-refractivity contribution in [1.82, 2.24) is 19.7 Å². The number of hydrogen-bond acceptors (Lipinski definition) is 6. The van der Waals surface area contributed by atoms with Crippen molar-refractivity contribution in [3.05, 3.63) is 62.5 Å².